The monoisotopic (exact) mass is 342 g/mol. The van der Waals surface area contributed by atoms with E-state index in [1.165, 1.54) is 12.1 Å². The average Bonchev–Trinajstić information content (AvgIpc) is 2.52. The van der Waals surface area contributed by atoms with Crippen molar-refractivity contribution in [2.75, 3.05) is 19.6 Å². The van der Waals surface area contributed by atoms with E-state index >= 15 is 0 Å². The van der Waals surface area contributed by atoms with Crippen LogP contribution in [0.25, 0.3) is 0 Å². The Kier molecular flexibility index (Phi) is 8.00. The molecule has 0 aromatic heterocycles. The SMILES string of the molecule is CCC(CC(=O)N1CCNCC1c1cccc(F)c1)C(C)C.Cl. The number of nitrogens with zero attached hydrogens (tertiary/aromatic N) is 1. The Morgan fingerprint density at radius 1 is 1.43 bits per heavy atom. The van der Waals surface area contributed by atoms with Crippen molar-refractivity contribution in [1.29, 1.82) is 0 Å². The molecule has 3 nitrogen and oxygen atoms in total. The average molecular weight is 343 g/mol. The molecule has 5 heteroatoms. The summed E-state index contributed by atoms with van der Waals surface area (Å²) in [6.45, 7) is 8.66. The Hall–Kier alpha value is -1.13. The molecule has 1 aliphatic rings. The first-order valence-electron chi connectivity index (χ1n) is 8.28. The Labute approximate surface area is 145 Å². The first-order chi connectivity index (χ1) is 10.5. The molecule has 1 aromatic rings. The summed E-state index contributed by atoms with van der Waals surface area (Å²) in [5, 5.41) is 3.31. The first kappa shape index (κ1) is 19.9. The standard InChI is InChI=1S/C18H27FN2O.ClH/c1-4-14(13(2)3)11-18(22)21-9-8-20-12-17(21)15-6-5-7-16(19)10-15;/h5-7,10,13-14,17,20H,4,8-9,11-12H2,1-3H3;1H. The maximum atomic E-state index is 13.5. The highest BCUT2D eigenvalue weighted by atomic mass is 35.5. The third kappa shape index (κ3) is 5.18. The fourth-order valence-corrected chi connectivity index (χ4v) is 3.21. The van der Waals surface area contributed by atoms with E-state index in [2.05, 4.69) is 26.1 Å². The van der Waals surface area contributed by atoms with Gasteiger partial charge in [0.05, 0.1) is 6.04 Å². The molecule has 1 heterocycles. The van der Waals surface area contributed by atoms with E-state index in [0.29, 0.717) is 31.3 Å². The first-order valence-corrected chi connectivity index (χ1v) is 8.28. The number of hydrogen-bond donors (Lipinski definition) is 1. The molecule has 1 saturated heterocycles. The van der Waals surface area contributed by atoms with E-state index < -0.39 is 0 Å². The van der Waals surface area contributed by atoms with Crippen molar-refractivity contribution in [3.63, 3.8) is 0 Å². The van der Waals surface area contributed by atoms with Crippen LogP contribution in [0.15, 0.2) is 24.3 Å². The molecule has 0 radical (unpaired) electrons. The molecule has 130 valence electrons. The zero-order valence-electron chi connectivity index (χ0n) is 14.2. The van der Waals surface area contributed by atoms with Crippen LogP contribution in [0, 0.1) is 17.7 Å². The molecule has 1 amide bonds. The minimum Gasteiger partial charge on any atom is -0.333 e. The highest BCUT2D eigenvalue weighted by Crippen LogP contribution is 2.26. The number of carbonyl (C=O) groups is 1. The number of halogens is 2. The van der Waals surface area contributed by atoms with E-state index in [0.717, 1.165) is 18.5 Å². The van der Waals surface area contributed by atoms with Crippen molar-refractivity contribution in [2.24, 2.45) is 11.8 Å². The zero-order valence-corrected chi connectivity index (χ0v) is 15.0. The van der Waals surface area contributed by atoms with Gasteiger partial charge < -0.3 is 10.2 Å². The summed E-state index contributed by atoms with van der Waals surface area (Å²) in [6.07, 6.45) is 1.60. The lowest BCUT2D eigenvalue weighted by Crippen LogP contribution is -2.49. The van der Waals surface area contributed by atoms with Crippen LogP contribution < -0.4 is 5.32 Å². The molecule has 0 spiro atoms. The van der Waals surface area contributed by atoms with Gasteiger partial charge in [-0.15, -0.1) is 12.4 Å². The van der Waals surface area contributed by atoms with E-state index in [4.69, 9.17) is 0 Å². The zero-order chi connectivity index (χ0) is 16.1. The number of carbonyl (C=O) groups excluding carboxylic acids is 1. The summed E-state index contributed by atoms with van der Waals surface area (Å²) < 4.78 is 13.5. The molecule has 0 bridgehead atoms. The van der Waals surface area contributed by atoms with Crippen LogP contribution in [-0.2, 0) is 4.79 Å². The summed E-state index contributed by atoms with van der Waals surface area (Å²) in [6, 6.07) is 6.53. The van der Waals surface area contributed by atoms with Crippen LogP contribution in [0.4, 0.5) is 4.39 Å². The van der Waals surface area contributed by atoms with Gasteiger partial charge in [-0.3, -0.25) is 4.79 Å². The number of piperazine rings is 1. The Balaban J connectivity index is 0.00000264. The maximum Gasteiger partial charge on any atom is 0.223 e. The van der Waals surface area contributed by atoms with Gasteiger partial charge in [0.1, 0.15) is 5.82 Å². The summed E-state index contributed by atoms with van der Waals surface area (Å²) in [7, 11) is 0. The van der Waals surface area contributed by atoms with Gasteiger partial charge >= 0.3 is 0 Å². The van der Waals surface area contributed by atoms with Crippen molar-refractivity contribution < 1.29 is 9.18 Å². The number of rotatable bonds is 5. The third-order valence-electron chi connectivity index (χ3n) is 4.70. The van der Waals surface area contributed by atoms with Crippen LogP contribution in [0.3, 0.4) is 0 Å². The molecular formula is C18H28ClFN2O. The third-order valence-corrected chi connectivity index (χ3v) is 4.70. The largest absolute Gasteiger partial charge is 0.333 e. The van der Waals surface area contributed by atoms with Gasteiger partial charge in [-0.2, -0.15) is 0 Å². The highest BCUT2D eigenvalue weighted by Gasteiger charge is 2.29. The van der Waals surface area contributed by atoms with Crippen molar-refractivity contribution in [3.05, 3.63) is 35.6 Å². The van der Waals surface area contributed by atoms with Crippen molar-refractivity contribution >= 4 is 18.3 Å². The molecule has 1 aliphatic heterocycles. The predicted molar refractivity (Wildman–Crippen MR) is 94.2 cm³/mol. The second kappa shape index (κ2) is 9.24. The summed E-state index contributed by atoms with van der Waals surface area (Å²) >= 11 is 0. The van der Waals surface area contributed by atoms with E-state index in [1.54, 1.807) is 6.07 Å². The molecule has 1 aromatic carbocycles. The molecule has 0 aliphatic carbocycles. The topological polar surface area (TPSA) is 32.3 Å². The molecule has 23 heavy (non-hydrogen) atoms. The summed E-state index contributed by atoms with van der Waals surface area (Å²) in [5.41, 5.74) is 0.873. The summed E-state index contributed by atoms with van der Waals surface area (Å²) in [4.78, 5) is 14.7. The lowest BCUT2D eigenvalue weighted by molar-refractivity contribution is -0.136. The Bertz CT molecular complexity index is 510. The lowest BCUT2D eigenvalue weighted by Gasteiger charge is -2.37. The maximum absolute atomic E-state index is 13.5. The van der Waals surface area contributed by atoms with Gasteiger partial charge in [-0.25, -0.2) is 4.39 Å². The molecule has 2 unspecified atom stereocenters. The van der Waals surface area contributed by atoms with Gasteiger partial charge in [0.2, 0.25) is 5.91 Å². The van der Waals surface area contributed by atoms with Gasteiger partial charge in [-0.1, -0.05) is 39.3 Å². The number of benzene rings is 1. The van der Waals surface area contributed by atoms with Crippen LogP contribution in [-0.4, -0.2) is 30.4 Å². The second-order valence-corrected chi connectivity index (χ2v) is 6.48. The van der Waals surface area contributed by atoms with Gasteiger partial charge in [0, 0.05) is 26.1 Å². The van der Waals surface area contributed by atoms with Gasteiger partial charge in [0.15, 0.2) is 0 Å². The highest BCUT2D eigenvalue weighted by molar-refractivity contribution is 5.85. The van der Waals surface area contributed by atoms with Gasteiger partial charge in [-0.05, 0) is 29.5 Å². The molecule has 1 fully saturated rings. The minimum atomic E-state index is -0.246. The normalized spacial score (nSPS) is 19.3. The summed E-state index contributed by atoms with van der Waals surface area (Å²) in [5.74, 6) is 0.862. The van der Waals surface area contributed by atoms with Crippen molar-refractivity contribution in [1.82, 2.24) is 10.2 Å². The minimum absolute atomic E-state index is 0. The van der Waals surface area contributed by atoms with Crippen LogP contribution in [0.2, 0.25) is 0 Å². The van der Waals surface area contributed by atoms with Gasteiger partial charge in [0.25, 0.3) is 0 Å². The second-order valence-electron chi connectivity index (χ2n) is 6.48. The van der Waals surface area contributed by atoms with Crippen LogP contribution >= 0.6 is 12.4 Å². The van der Waals surface area contributed by atoms with Crippen molar-refractivity contribution in [2.45, 2.75) is 39.7 Å². The molecule has 0 saturated carbocycles. The number of nitrogens with one attached hydrogen (secondary N) is 1. The molecule has 2 atom stereocenters. The lowest BCUT2D eigenvalue weighted by atomic mass is 9.89. The Morgan fingerprint density at radius 3 is 2.78 bits per heavy atom. The molecular weight excluding hydrogens is 315 g/mol. The Morgan fingerprint density at radius 2 is 2.17 bits per heavy atom. The van der Waals surface area contributed by atoms with Crippen molar-refractivity contribution in [3.8, 4) is 0 Å². The number of amides is 1. The van der Waals surface area contributed by atoms with E-state index in [1.807, 2.05) is 11.0 Å². The fourth-order valence-electron chi connectivity index (χ4n) is 3.21. The van der Waals surface area contributed by atoms with E-state index in [-0.39, 0.29) is 30.2 Å². The molecule has 1 N–H and O–H groups in total. The fraction of sp³-hybridized carbons (Fsp3) is 0.611. The molecule has 2 rings (SSSR count). The van der Waals surface area contributed by atoms with Crippen LogP contribution in [0.1, 0.15) is 45.2 Å². The predicted octanol–water partition coefficient (Wildman–Crippen LogP) is 3.79. The quantitative estimate of drug-likeness (QED) is 0.882. The van der Waals surface area contributed by atoms with E-state index in [9.17, 15) is 9.18 Å². The number of hydrogen-bond acceptors (Lipinski definition) is 2. The van der Waals surface area contributed by atoms with Crippen LogP contribution in [0.5, 0.6) is 0 Å². The smallest absolute Gasteiger partial charge is 0.223 e.